The molecule has 3 N–H and O–H groups in total. The van der Waals surface area contributed by atoms with Gasteiger partial charge in [0.2, 0.25) is 0 Å². The predicted molar refractivity (Wildman–Crippen MR) is 44.8 cm³/mol. The van der Waals surface area contributed by atoms with Crippen molar-refractivity contribution in [1.29, 1.82) is 5.41 Å². The SMILES string of the molecule is CC(C)C(C)(N)N=C=N.Cl. The van der Waals surface area contributed by atoms with E-state index in [1.54, 1.807) is 6.92 Å². The van der Waals surface area contributed by atoms with Crippen LogP contribution in [0, 0.1) is 11.3 Å². The largest absolute Gasteiger partial charge is 0.307 e. The molecule has 1 atom stereocenters. The van der Waals surface area contributed by atoms with Gasteiger partial charge in [-0.3, -0.25) is 0 Å². The number of rotatable bonds is 2. The van der Waals surface area contributed by atoms with Crippen LogP contribution in [0.4, 0.5) is 0 Å². The molecule has 0 radical (unpaired) electrons. The first kappa shape index (κ1) is 12.3. The monoisotopic (exact) mass is 163 g/mol. The summed E-state index contributed by atoms with van der Waals surface area (Å²) in [6.45, 7) is 5.70. The summed E-state index contributed by atoms with van der Waals surface area (Å²) in [5.74, 6) is 0.246. The van der Waals surface area contributed by atoms with Crippen molar-refractivity contribution in [1.82, 2.24) is 0 Å². The van der Waals surface area contributed by atoms with Crippen molar-refractivity contribution in [3.05, 3.63) is 0 Å². The predicted octanol–water partition coefficient (Wildman–Crippen LogP) is 1.49. The molecule has 0 aliphatic rings. The highest BCUT2D eigenvalue weighted by molar-refractivity contribution is 5.85. The zero-order chi connectivity index (χ0) is 7.49. The maximum atomic E-state index is 6.55. The first-order valence-corrected chi connectivity index (χ1v) is 2.93. The van der Waals surface area contributed by atoms with Crippen LogP contribution in [-0.2, 0) is 0 Å². The molecule has 0 saturated heterocycles. The fourth-order valence-electron chi connectivity index (χ4n) is 0.250. The minimum atomic E-state index is -0.623. The Labute approximate surface area is 67.6 Å². The maximum Gasteiger partial charge on any atom is 0.118 e. The number of aliphatic imine (C=N–C) groups is 1. The quantitative estimate of drug-likeness (QED) is 0.596. The molecule has 0 fully saturated rings. The van der Waals surface area contributed by atoms with E-state index in [0.29, 0.717) is 0 Å². The van der Waals surface area contributed by atoms with Crippen LogP contribution in [-0.4, -0.2) is 11.7 Å². The lowest BCUT2D eigenvalue weighted by molar-refractivity contribution is 0.357. The molecule has 0 aromatic rings. The van der Waals surface area contributed by atoms with Crippen molar-refractivity contribution >= 4 is 18.4 Å². The van der Waals surface area contributed by atoms with Crippen molar-refractivity contribution in [2.45, 2.75) is 26.4 Å². The molecule has 0 rings (SSSR count). The van der Waals surface area contributed by atoms with Crippen molar-refractivity contribution in [3.63, 3.8) is 0 Å². The van der Waals surface area contributed by atoms with Crippen LogP contribution in [0.1, 0.15) is 20.8 Å². The molecule has 0 aliphatic heterocycles. The molecule has 0 aromatic heterocycles. The van der Waals surface area contributed by atoms with Gasteiger partial charge in [0.05, 0.1) is 6.01 Å². The summed E-state index contributed by atoms with van der Waals surface area (Å²) in [7, 11) is 0. The minimum Gasteiger partial charge on any atom is -0.307 e. The molecule has 0 spiro atoms. The number of halogens is 1. The van der Waals surface area contributed by atoms with E-state index in [0.717, 1.165) is 0 Å². The maximum absolute atomic E-state index is 6.55. The lowest BCUT2D eigenvalue weighted by Crippen LogP contribution is -2.39. The van der Waals surface area contributed by atoms with Gasteiger partial charge in [-0.15, -0.1) is 12.4 Å². The lowest BCUT2D eigenvalue weighted by Gasteiger charge is -2.21. The smallest absolute Gasteiger partial charge is 0.118 e. The van der Waals surface area contributed by atoms with Gasteiger partial charge in [0.15, 0.2) is 0 Å². The molecule has 0 aliphatic carbocycles. The first-order chi connectivity index (χ1) is 4.00. The van der Waals surface area contributed by atoms with E-state index >= 15 is 0 Å². The van der Waals surface area contributed by atoms with Crippen LogP contribution in [0.3, 0.4) is 0 Å². The number of nitrogens with one attached hydrogen (secondary N) is 1. The minimum absolute atomic E-state index is 0. The fourth-order valence-corrected chi connectivity index (χ4v) is 0.250. The van der Waals surface area contributed by atoms with Crippen LogP contribution in [0.2, 0.25) is 0 Å². The molecule has 0 aromatic carbocycles. The molecule has 0 heterocycles. The van der Waals surface area contributed by atoms with E-state index in [9.17, 15) is 0 Å². The van der Waals surface area contributed by atoms with E-state index in [1.807, 2.05) is 19.9 Å². The second-order valence-electron chi connectivity index (χ2n) is 2.60. The average Bonchev–Trinajstić information content (AvgIpc) is 1.65. The highest BCUT2D eigenvalue weighted by Crippen LogP contribution is 2.12. The number of hydrogen-bond acceptors (Lipinski definition) is 3. The van der Waals surface area contributed by atoms with Crippen LogP contribution in [0.15, 0.2) is 4.99 Å². The van der Waals surface area contributed by atoms with Crippen molar-refractivity contribution in [2.75, 3.05) is 0 Å². The molecule has 0 bridgehead atoms. The summed E-state index contributed by atoms with van der Waals surface area (Å²) < 4.78 is 0. The molecular weight excluding hydrogens is 150 g/mol. The van der Waals surface area contributed by atoms with Gasteiger partial charge < -0.3 is 5.73 Å². The second-order valence-corrected chi connectivity index (χ2v) is 2.60. The molecule has 3 nitrogen and oxygen atoms in total. The van der Waals surface area contributed by atoms with Crippen molar-refractivity contribution in [3.8, 4) is 0 Å². The van der Waals surface area contributed by atoms with E-state index in [1.165, 1.54) is 0 Å². The summed E-state index contributed by atoms with van der Waals surface area (Å²) in [6, 6.07) is 1.94. The van der Waals surface area contributed by atoms with Crippen molar-refractivity contribution in [2.24, 2.45) is 16.6 Å². The van der Waals surface area contributed by atoms with Gasteiger partial charge in [-0.05, 0) is 12.8 Å². The lowest BCUT2D eigenvalue weighted by atomic mass is 10.0. The van der Waals surface area contributed by atoms with Crippen LogP contribution in [0.5, 0.6) is 0 Å². The second kappa shape index (κ2) is 4.45. The molecule has 0 amide bonds. The van der Waals surface area contributed by atoms with Crippen LogP contribution < -0.4 is 5.73 Å². The molecule has 1 unspecified atom stereocenters. The summed E-state index contributed by atoms with van der Waals surface area (Å²) in [5, 5.41) is 6.55. The average molecular weight is 164 g/mol. The van der Waals surface area contributed by atoms with E-state index in [-0.39, 0.29) is 18.3 Å². The van der Waals surface area contributed by atoms with Crippen LogP contribution in [0.25, 0.3) is 0 Å². The third-order valence-corrected chi connectivity index (χ3v) is 1.47. The van der Waals surface area contributed by atoms with Gasteiger partial charge in [-0.25, -0.2) is 10.4 Å². The Kier molecular flexibility index (Phi) is 5.48. The Balaban J connectivity index is 0. The number of hydrogen-bond donors (Lipinski definition) is 2. The molecule has 4 heteroatoms. The highest BCUT2D eigenvalue weighted by atomic mass is 35.5. The van der Waals surface area contributed by atoms with Crippen molar-refractivity contribution < 1.29 is 0 Å². The number of nitrogens with two attached hydrogens (primary N) is 1. The van der Waals surface area contributed by atoms with Gasteiger partial charge in [0.25, 0.3) is 0 Å². The van der Waals surface area contributed by atoms with Gasteiger partial charge in [-0.2, -0.15) is 0 Å². The van der Waals surface area contributed by atoms with E-state index in [4.69, 9.17) is 11.1 Å². The van der Waals surface area contributed by atoms with Gasteiger partial charge in [0, 0.05) is 0 Å². The Morgan fingerprint density at radius 1 is 1.60 bits per heavy atom. The molecular formula is C6H14ClN3. The third-order valence-electron chi connectivity index (χ3n) is 1.47. The Morgan fingerprint density at radius 2 is 2.00 bits per heavy atom. The third kappa shape index (κ3) is 3.62. The Hall–Kier alpha value is -0.370. The standard InChI is InChI=1S/C6H13N3.ClH/c1-5(2)6(3,8)9-4-7;/h5,7H,8H2,1-3H3;1H. The normalized spacial score (nSPS) is 14.9. The molecule has 0 saturated carbocycles. The Bertz CT molecular complexity index is 136. The Morgan fingerprint density at radius 3 is 2.10 bits per heavy atom. The van der Waals surface area contributed by atoms with E-state index in [2.05, 4.69) is 4.99 Å². The molecule has 10 heavy (non-hydrogen) atoms. The number of nitrogens with zero attached hydrogens (tertiary/aromatic N) is 1. The van der Waals surface area contributed by atoms with Gasteiger partial charge in [0.1, 0.15) is 5.66 Å². The van der Waals surface area contributed by atoms with Crippen LogP contribution >= 0.6 is 12.4 Å². The van der Waals surface area contributed by atoms with E-state index < -0.39 is 5.66 Å². The zero-order valence-electron chi connectivity index (χ0n) is 6.51. The summed E-state index contributed by atoms with van der Waals surface area (Å²) in [5.41, 5.74) is 5.00. The highest BCUT2D eigenvalue weighted by Gasteiger charge is 2.20. The summed E-state index contributed by atoms with van der Waals surface area (Å²) >= 11 is 0. The van der Waals surface area contributed by atoms with Gasteiger partial charge >= 0.3 is 0 Å². The summed E-state index contributed by atoms with van der Waals surface area (Å²) in [4.78, 5) is 3.65. The van der Waals surface area contributed by atoms with Gasteiger partial charge in [-0.1, -0.05) is 13.8 Å². The first-order valence-electron chi connectivity index (χ1n) is 2.93. The summed E-state index contributed by atoms with van der Waals surface area (Å²) in [6.07, 6.45) is 0. The fraction of sp³-hybridized carbons (Fsp3) is 0.833. The zero-order valence-corrected chi connectivity index (χ0v) is 7.33. The topological polar surface area (TPSA) is 62.2 Å². The molecule has 60 valence electrons.